The highest BCUT2D eigenvalue weighted by Gasteiger charge is 2.37. The van der Waals surface area contributed by atoms with Crippen molar-refractivity contribution in [2.45, 2.75) is 18.2 Å². The maximum Gasteiger partial charge on any atom is 0.334 e. The lowest BCUT2D eigenvalue weighted by atomic mass is 10.1. The fourth-order valence-electron chi connectivity index (χ4n) is 1.52. The van der Waals surface area contributed by atoms with E-state index in [0.717, 1.165) is 0 Å². The summed E-state index contributed by atoms with van der Waals surface area (Å²) in [6.07, 6.45) is -0.798. The second kappa shape index (κ2) is 3.01. The Morgan fingerprint density at radius 2 is 2.33 bits per heavy atom. The molecule has 0 aromatic rings. The molecule has 0 amide bonds. The highest BCUT2D eigenvalue weighted by atomic mass is 16.6. The van der Waals surface area contributed by atoms with Gasteiger partial charge in [0.05, 0.1) is 25.4 Å². The Kier molecular flexibility index (Phi) is 2.00. The fourth-order valence-corrected chi connectivity index (χ4v) is 1.52. The number of rotatable bonds is 1. The van der Waals surface area contributed by atoms with Crippen molar-refractivity contribution in [1.29, 1.82) is 0 Å². The first-order valence-corrected chi connectivity index (χ1v) is 3.97. The molecule has 2 rings (SSSR count). The molecule has 0 saturated carbocycles. The first kappa shape index (κ1) is 7.97. The lowest BCUT2D eigenvalue weighted by molar-refractivity contribution is -0.158. The summed E-state index contributed by atoms with van der Waals surface area (Å²) in [5, 5.41) is 11.7. The largest absolute Gasteiger partial charge is 0.479 e. The Balaban J connectivity index is 1.96. The molecule has 2 aliphatic heterocycles. The van der Waals surface area contributed by atoms with E-state index in [4.69, 9.17) is 14.6 Å². The molecule has 0 aliphatic carbocycles. The van der Waals surface area contributed by atoms with E-state index >= 15 is 0 Å². The van der Waals surface area contributed by atoms with Gasteiger partial charge in [-0.15, -0.1) is 0 Å². The number of morpholine rings is 1. The van der Waals surface area contributed by atoms with Gasteiger partial charge in [-0.05, 0) is 0 Å². The van der Waals surface area contributed by atoms with Gasteiger partial charge in [-0.2, -0.15) is 0 Å². The summed E-state index contributed by atoms with van der Waals surface area (Å²) in [6, 6.07) is 0.181. The predicted molar refractivity (Wildman–Crippen MR) is 38.9 cm³/mol. The van der Waals surface area contributed by atoms with E-state index in [-0.39, 0.29) is 12.1 Å². The molecule has 1 unspecified atom stereocenters. The van der Waals surface area contributed by atoms with Crippen molar-refractivity contribution in [3.63, 3.8) is 0 Å². The first-order chi connectivity index (χ1) is 5.77. The van der Waals surface area contributed by atoms with Crippen molar-refractivity contribution in [3.8, 4) is 0 Å². The number of nitrogens with one attached hydrogen (secondary N) is 1. The van der Waals surface area contributed by atoms with Crippen LogP contribution in [0.15, 0.2) is 0 Å². The Hall–Kier alpha value is -0.650. The van der Waals surface area contributed by atoms with Gasteiger partial charge in [-0.1, -0.05) is 0 Å². The third-order valence-electron chi connectivity index (χ3n) is 2.21. The van der Waals surface area contributed by atoms with Gasteiger partial charge < -0.3 is 19.9 Å². The van der Waals surface area contributed by atoms with Crippen LogP contribution in [0.3, 0.4) is 0 Å². The zero-order valence-corrected chi connectivity index (χ0v) is 6.53. The fraction of sp³-hybridized carbons (Fsp3) is 0.857. The molecule has 68 valence electrons. The number of hydrogen-bond acceptors (Lipinski definition) is 4. The number of carbonyl (C=O) groups is 1. The van der Waals surface area contributed by atoms with Crippen LogP contribution in [0.25, 0.3) is 0 Å². The molecular weight excluding hydrogens is 162 g/mol. The smallest absolute Gasteiger partial charge is 0.334 e. The minimum Gasteiger partial charge on any atom is -0.479 e. The van der Waals surface area contributed by atoms with Gasteiger partial charge in [0.25, 0.3) is 0 Å². The van der Waals surface area contributed by atoms with Crippen molar-refractivity contribution >= 4 is 5.97 Å². The molecule has 0 aromatic heterocycles. The lowest BCUT2D eigenvalue weighted by Gasteiger charge is -2.29. The van der Waals surface area contributed by atoms with Crippen molar-refractivity contribution < 1.29 is 19.4 Å². The van der Waals surface area contributed by atoms with E-state index in [1.165, 1.54) is 0 Å². The average Bonchev–Trinajstić information content (AvgIpc) is 2.49. The quantitative estimate of drug-likeness (QED) is 0.523. The Bertz CT molecular complexity index is 196. The second-order valence-corrected chi connectivity index (χ2v) is 3.05. The van der Waals surface area contributed by atoms with Crippen LogP contribution in [0.1, 0.15) is 0 Å². The van der Waals surface area contributed by atoms with Gasteiger partial charge in [-0.3, -0.25) is 0 Å². The SMILES string of the molecule is O=C(O)C1CN[C@@H]2COC[C@H]2O1. The molecule has 2 heterocycles. The van der Waals surface area contributed by atoms with Crippen LogP contribution >= 0.6 is 0 Å². The number of hydrogen-bond donors (Lipinski definition) is 2. The van der Waals surface area contributed by atoms with Crippen molar-refractivity contribution in [3.05, 3.63) is 0 Å². The monoisotopic (exact) mass is 173 g/mol. The first-order valence-electron chi connectivity index (χ1n) is 3.97. The van der Waals surface area contributed by atoms with Gasteiger partial charge in [0.15, 0.2) is 6.10 Å². The number of carboxylic acid groups (broad SMARTS) is 1. The van der Waals surface area contributed by atoms with Gasteiger partial charge in [0.1, 0.15) is 0 Å². The second-order valence-electron chi connectivity index (χ2n) is 3.05. The third-order valence-corrected chi connectivity index (χ3v) is 2.21. The van der Waals surface area contributed by atoms with Gasteiger partial charge in [0.2, 0.25) is 0 Å². The summed E-state index contributed by atoms with van der Waals surface area (Å²) < 4.78 is 10.4. The molecule has 0 radical (unpaired) electrons. The van der Waals surface area contributed by atoms with E-state index in [1.54, 1.807) is 0 Å². The van der Waals surface area contributed by atoms with E-state index in [1.807, 2.05) is 0 Å². The van der Waals surface area contributed by atoms with Gasteiger partial charge >= 0.3 is 5.97 Å². The minimum absolute atomic E-state index is 0.0835. The Morgan fingerprint density at radius 1 is 1.50 bits per heavy atom. The van der Waals surface area contributed by atoms with Crippen LogP contribution in [-0.4, -0.2) is 49.1 Å². The van der Waals surface area contributed by atoms with Gasteiger partial charge in [-0.25, -0.2) is 4.79 Å². The van der Waals surface area contributed by atoms with Crippen LogP contribution in [0.5, 0.6) is 0 Å². The zero-order valence-electron chi connectivity index (χ0n) is 6.53. The summed E-state index contributed by atoms with van der Waals surface area (Å²) in [6.45, 7) is 1.50. The molecule has 2 aliphatic rings. The topological polar surface area (TPSA) is 67.8 Å². The van der Waals surface area contributed by atoms with Crippen LogP contribution < -0.4 is 5.32 Å². The molecule has 0 aromatic carbocycles. The lowest BCUT2D eigenvalue weighted by Crippen LogP contribution is -2.54. The van der Waals surface area contributed by atoms with Crippen molar-refractivity contribution in [1.82, 2.24) is 5.32 Å². The Labute approximate surface area is 69.6 Å². The number of aliphatic carboxylic acids is 1. The maximum atomic E-state index is 10.5. The van der Waals surface area contributed by atoms with Crippen molar-refractivity contribution in [2.24, 2.45) is 0 Å². The molecular formula is C7H11NO4. The summed E-state index contributed by atoms with van der Waals surface area (Å²) in [7, 11) is 0. The third kappa shape index (κ3) is 1.31. The Morgan fingerprint density at radius 3 is 3.08 bits per heavy atom. The molecule has 12 heavy (non-hydrogen) atoms. The van der Waals surface area contributed by atoms with E-state index in [0.29, 0.717) is 19.8 Å². The summed E-state index contributed by atoms with van der Waals surface area (Å²) in [4.78, 5) is 10.5. The average molecular weight is 173 g/mol. The van der Waals surface area contributed by atoms with Crippen molar-refractivity contribution in [2.75, 3.05) is 19.8 Å². The maximum absolute atomic E-state index is 10.5. The number of carboxylic acids is 1. The summed E-state index contributed by atoms with van der Waals surface area (Å²) >= 11 is 0. The van der Waals surface area contributed by atoms with E-state index in [2.05, 4.69) is 5.32 Å². The normalized spacial score (nSPS) is 40.8. The molecule has 0 spiro atoms. The van der Waals surface area contributed by atoms with Crippen LogP contribution in [-0.2, 0) is 14.3 Å². The summed E-state index contributed by atoms with van der Waals surface area (Å²) in [5.74, 6) is -0.909. The summed E-state index contributed by atoms with van der Waals surface area (Å²) in [5.41, 5.74) is 0. The van der Waals surface area contributed by atoms with Crippen LogP contribution in [0.4, 0.5) is 0 Å². The predicted octanol–water partition coefficient (Wildman–Crippen LogP) is -1.17. The zero-order chi connectivity index (χ0) is 8.55. The van der Waals surface area contributed by atoms with Crippen LogP contribution in [0.2, 0.25) is 0 Å². The molecule has 2 fully saturated rings. The highest BCUT2D eigenvalue weighted by molar-refractivity contribution is 5.72. The van der Waals surface area contributed by atoms with Crippen LogP contribution in [0, 0.1) is 0 Å². The minimum atomic E-state index is -0.909. The van der Waals surface area contributed by atoms with E-state index < -0.39 is 12.1 Å². The van der Waals surface area contributed by atoms with Gasteiger partial charge in [0, 0.05) is 6.54 Å². The highest BCUT2D eigenvalue weighted by Crippen LogP contribution is 2.16. The number of fused-ring (bicyclic) bond motifs is 1. The molecule has 2 N–H and O–H groups in total. The number of ether oxygens (including phenoxy) is 2. The molecule has 5 heteroatoms. The molecule has 5 nitrogen and oxygen atoms in total. The molecule has 2 saturated heterocycles. The molecule has 3 atom stereocenters. The van der Waals surface area contributed by atoms with E-state index in [9.17, 15) is 4.79 Å². The standard InChI is InChI=1S/C7H11NO4/c9-7(10)5-1-8-4-2-11-3-6(4)12-5/h4-6,8H,1-3H2,(H,9,10)/t4-,5?,6-/m1/s1. The molecule has 0 bridgehead atoms.